The summed E-state index contributed by atoms with van der Waals surface area (Å²) in [6.07, 6.45) is 2.55. The van der Waals surface area contributed by atoms with Crippen LogP contribution in [0.5, 0.6) is 0 Å². The molecule has 1 atom stereocenters. The lowest BCUT2D eigenvalue weighted by molar-refractivity contribution is -0.137. The maximum atomic E-state index is 10.6. The first-order chi connectivity index (χ1) is 7.77. The first-order valence-electron chi connectivity index (χ1n) is 5.78. The summed E-state index contributed by atoms with van der Waals surface area (Å²) in [7, 11) is 0. The van der Waals surface area contributed by atoms with Gasteiger partial charge in [0.05, 0.1) is 6.42 Å². The molecule has 0 aromatic heterocycles. The van der Waals surface area contributed by atoms with E-state index in [9.17, 15) is 4.79 Å². The molecule has 1 aromatic carbocycles. The summed E-state index contributed by atoms with van der Waals surface area (Å²) in [5, 5.41) is 8.70. The zero-order chi connectivity index (χ0) is 11.4. The van der Waals surface area contributed by atoms with Gasteiger partial charge < -0.3 is 5.11 Å². The van der Waals surface area contributed by atoms with Crippen molar-refractivity contribution in [2.45, 2.75) is 25.3 Å². The van der Waals surface area contributed by atoms with Crippen LogP contribution in [0.3, 0.4) is 0 Å². The van der Waals surface area contributed by atoms with E-state index in [0.29, 0.717) is 12.6 Å². The van der Waals surface area contributed by atoms with Crippen LogP contribution in [0.1, 0.15) is 30.9 Å². The molecule has 0 unspecified atom stereocenters. The van der Waals surface area contributed by atoms with Crippen molar-refractivity contribution in [3.63, 3.8) is 0 Å². The Labute approximate surface area is 95.7 Å². The van der Waals surface area contributed by atoms with E-state index in [1.807, 2.05) is 18.2 Å². The van der Waals surface area contributed by atoms with Crippen molar-refractivity contribution in [2.75, 3.05) is 13.1 Å². The SMILES string of the molecule is O=C(O)CCN1CCC[C@H]1c1ccccc1. The van der Waals surface area contributed by atoms with Gasteiger partial charge in [-0.25, -0.2) is 0 Å². The van der Waals surface area contributed by atoms with Gasteiger partial charge >= 0.3 is 5.97 Å². The molecule has 0 aliphatic carbocycles. The predicted molar refractivity (Wildman–Crippen MR) is 62.2 cm³/mol. The minimum atomic E-state index is -0.710. The summed E-state index contributed by atoms with van der Waals surface area (Å²) in [5.41, 5.74) is 1.31. The Kier molecular flexibility index (Phi) is 3.57. The number of carboxylic acids is 1. The maximum absolute atomic E-state index is 10.6. The van der Waals surface area contributed by atoms with Crippen molar-refractivity contribution in [1.82, 2.24) is 4.90 Å². The fourth-order valence-corrected chi connectivity index (χ4v) is 2.39. The largest absolute Gasteiger partial charge is 0.481 e. The summed E-state index contributed by atoms with van der Waals surface area (Å²) in [5.74, 6) is -0.710. The van der Waals surface area contributed by atoms with E-state index in [-0.39, 0.29) is 6.42 Å². The van der Waals surface area contributed by atoms with Crippen molar-refractivity contribution < 1.29 is 9.90 Å². The Morgan fingerprint density at radius 1 is 1.38 bits per heavy atom. The van der Waals surface area contributed by atoms with Gasteiger partial charge in [0.15, 0.2) is 0 Å². The number of hydrogen-bond acceptors (Lipinski definition) is 2. The molecule has 1 fully saturated rings. The molecular weight excluding hydrogens is 202 g/mol. The van der Waals surface area contributed by atoms with E-state index in [2.05, 4.69) is 17.0 Å². The average molecular weight is 219 g/mol. The van der Waals surface area contributed by atoms with Gasteiger partial charge in [-0.2, -0.15) is 0 Å². The van der Waals surface area contributed by atoms with Crippen LogP contribution in [0.2, 0.25) is 0 Å². The van der Waals surface area contributed by atoms with Crippen molar-refractivity contribution in [3.8, 4) is 0 Å². The van der Waals surface area contributed by atoms with Crippen LogP contribution in [-0.2, 0) is 4.79 Å². The van der Waals surface area contributed by atoms with Gasteiger partial charge in [-0.1, -0.05) is 30.3 Å². The summed E-state index contributed by atoms with van der Waals surface area (Å²) < 4.78 is 0. The van der Waals surface area contributed by atoms with Crippen LogP contribution in [0, 0.1) is 0 Å². The quantitative estimate of drug-likeness (QED) is 0.844. The van der Waals surface area contributed by atoms with Gasteiger partial charge in [-0.05, 0) is 24.9 Å². The molecule has 0 amide bonds. The van der Waals surface area contributed by atoms with E-state index in [0.717, 1.165) is 13.0 Å². The lowest BCUT2D eigenvalue weighted by atomic mass is 10.0. The first kappa shape index (κ1) is 11.1. The highest BCUT2D eigenvalue weighted by molar-refractivity contribution is 5.66. The third-order valence-corrected chi connectivity index (χ3v) is 3.16. The number of rotatable bonds is 4. The lowest BCUT2D eigenvalue weighted by Crippen LogP contribution is -2.25. The van der Waals surface area contributed by atoms with Crippen molar-refractivity contribution >= 4 is 5.97 Å². The first-order valence-corrected chi connectivity index (χ1v) is 5.78. The zero-order valence-electron chi connectivity index (χ0n) is 9.30. The van der Waals surface area contributed by atoms with Gasteiger partial charge in [0.1, 0.15) is 0 Å². The number of nitrogens with zero attached hydrogens (tertiary/aromatic N) is 1. The fourth-order valence-electron chi connectivity index (χ4n) is 2.39. The van der Waals surface area contributed by atoms with Crippen LogP contribution in [0.15, 0.2) is 30.3 Å². The van der Waals surface area contributed by atoms with Gasteiger partial charge in [-0.3, -0.25) is 9.69 Å². The Hall–Kier alpha value is -1.35. The molecule has 1 aliphatic rings. The van der Waals surface area contributed by atoms with Gasteiger partial charge in [-0.15, -0.1) is 0 Å². The second kappa shape index (κ2) is 5.12. The smallest absolute Gasteiger partial charge is 0.304 e. The van der Waals surface area contributed by atoms with Crippen molar-refractivity contribution in [3.05, 3.63) is 35.9 Å². The predicted octanol–water partition coefficient (Wildman–Crippen LogP) is 2.30. The molecule has 2 rings (SSSR count). The second-order valence-corrected chi connectivity index (χ2v) is 4.25. The Morgan fingerprint density at radius 3 is 2.81 bits per heavy atom. The van der Waals surface area contributed by atoms with E-state index in [1.54, 1.807) is 0 Å². The number of likely N-dealkylation sites (tertiary alicyclic amines) is 1. The van der Waals surface area contributed by atoms with E-state index >= 15 is 0 Å². The molecule has 86 valence electrons. The fraction of sp³-hybridized carbons (Fsp3) is 0.462. The minimum Gasteiger partial charge on any atom is -0.481 e. The third-order valence-electron chi connectivity index (χ3n) is 3.16. The Morgan fingerprint density at radius 2 is 2.12 bits per heavy atom. The lowest BCUT2D eigenvalue weighted by Gasteiger charge is -2.23. The average Bonchev–Trinajstić information content (AvgIpc) is 2.75. The molecule has 1 N–H and O–H groups in total. The highest BCUT2D eigenvalue weighted by Crippen LogP contribution is 2.31. The number of carbonyl (C=O) groups is 1. The molecule has 0 spiro atoms. The van der Waals surface area contributed by atoms with Crippen LogP contribution in [0.4, 0.5) is 0 Å². The van der Waals surface area contributed by atoms with Crippen LogP contribution >= 0.6 is 0 Å². The Bertz CT molecular complexity index is 350. The molecule has 16 heavy (non-hydrogen) atoms. The Balaban J connectivity index is 2.01. The summed E-state index contributed by atoms with van der Waals surface area (Å²) in [4.78, 5) is 12.9. The topological polar surface area (TPSA) is 40.5 Å². The molecule has 0 bridgehead atoms. The van der Waals surface area contributed by atoms with Crippen LogP contribution < -0.4 is 0 Å². The van der Waals surface area contributed by atoms with Crippen molar-refractivity contribution in [2.24, 2.45) is 0 Å². The number of hydrogen-bond donors (Lipinski definition) is 1. The van der Waals surface area contributed by atoms with E-state index in [4.69, 9.17) is 5.11 Å². The number of benzene rings is 1. The van der Waals surface area contributed by atoms with E-state index in [1.165, 1.54) is 12.0 Å². The molecule has 3 heteroatoms. The van der Waals surface area contributed by atoms with Gasteiger partial charge in [0.25, 0.3) is 0 Å². The third kappa shape index (κ3) is 2.61. The van der Waals surface area contributed by atoms with Gasteiger partial charge in [0.2, 0.25) is 0 Å². The second-order valence-electron chi connectivity index (χ2n) is 4.25. The molecule has 1 heterocycles. The minimum absolute atomic E-state index is 0.239. The number of carboxylic acid groups (broad SMARTS) is 1. The molecule has 0 saturated carbocycles. The molecule has 0 radical (unpaired) electrons. The normalized spacial score (nSPS) is 21.1. The molecule has 1 saturated heterocycles. The standard InChI is InChI=1S/C13H17NO2/c15-13(16)8-10-14-9-4-7-12(14)11-5-2-1-3-6-11/h1-3,5-6,12H,4,7-10H2,(H,15,16)/t12-/m0/s1. The monoisotopic (exact) mass is 219 g/mol. The number of aliphatic carboxylic acids is 1. The molecule has 1 aliphatic heterocycles. The van der Waals surface area contributed by atoms with Crippen LogP contribution in [-0.4, -0.2) is 29.1 Å². The summed E-state index contributed by atoms with van der Waals surface area (Å²) in [6.45, 7) is 1.68. The highest BCUT2D eigenvalue weighted by Gasteiger charge is 2.25. The molecular formula is C13H17NO2. The van der Waals surface area contributed by atoms with Crippen LogP contribution in [0.25, 0.3) is 0 Å². The zero-order valence-corrected chi connectivity index (χ0v) is 9.30. The molecule has 3 nitrogen and oxygen atoms in total. The highest BCUT2D eigenvalue weighted by atomic mass is 16.4. The van der Waals surface area contributed by atoms with Gasteiger partial charge in [0, 0.05) is 12.6 Å². The van der Waals surface area contributed by atoms with E-state index < -0.39 is 5.97 Å². The molecule has 1 aromatic rings. The van der Waals surface area contributed by atoms with Crippen molar-refractivity contribution in [1.29, 1.82) is 0 Å². The maximum Gasteiger partial charge on any atom is 0.304 e. The summed E-state index contributed by atoms with van der Waals surface area (Å²) in [6, 6.07) is 10.8. The summed E-state index contributed by atoms with van der Waals surface area (Å²) >= 11 is 0.